The number of thiophene rings is 1. The molecule has 0 radical (unpaired) electrons. The van der Waals surface area contributed by atoms with E-state index in [0.29, 0.717) is 47.4 Å². The van der Waals surface area contributed by atoms with E-state index in [9.17, 15) is 14.4 Å². The topological polar surface area (TPSA) is 88.4 Å². The predicted molar refractivity (Wildman–Crippen MR) is 126 cm³/mol. The van der Waals surface area contributed by atoms with Crippen LogP contribution < -0.4 is 0 Å². The van der Waals surface area contributed by atoms with Gasteiger partial charge in [0, 0.05) is 43.2 Å². The number of hydrogen-bond donors (Lipinski definition) is 0. The van der Waals surface area contributed by atoms with E-state index in [4.69, 9.17) is 5.10 Å². The molecule has 0 unspecified atom stereocenters. The summed E-state index contributed by atoms with van der Waals surface area (Å²) in [7, 11) is 1.76. The zero-order chi connectivity index (χ0) is 23.1. The lowest BCUT2D eigenvalue weighted by Gasteiger charge is -2.28. The van der Waals surface area contributed by atoms with Gasteiger partial charge in [-0.15, -0.1) is 22.7 Å². The van der Waals surface area contributed by atoms with E-state index in [0.717, 1.165) is 23.5 Å². The van der Waals surface area contributed by atoms with Crippen molar-refractivity contribution in [2.24, 2.45) is 5.92 Å². The molecule has 0 atom stereocenters. The third-order valence-electron chi connectivity index (χ3n) is 6.14. The Balaban J connectivity index is 1.41. The molecule has 10 heteroatoms. The first-order valence-electron chi connectivity index (χ1n) is 11.0. The third kappa shape index (κ3) is 4.49. The summed E-state index contributed by atoms with van der Waals surface area (Å²) in [6.07, 6.45) is 3.06. The first kappa shape index (κ1) is 22.0. The van der Waals surface area contributed by atoms with Crippen LogP contribution in [0.1, 0.15) is 66.5 Å². The lowest BCUT2D eigenvalue weighted by atomic mass is 10.0. The standard InChI is InChI=1S/C23H25N5O3S2/c1-14(29)19-5-6-20(33-19)22(30)27-8-7-18-17(11-27)21(25-28(18)9-15-3-4-15)23(31)26(2)10-16-12-32-13-24-16/h5-6,12-13,15H,3-4,7-11H2,1-2H3. The van der Waals surface area contributed by atoms with Gasteiger partial charge in [-0.2, -0.15) is 5.10 Å². The number of Topliss-reactive ketones (excluding diaryl/α,β-unsaturated/α-hetero) is 1. The molecule has 8 nitrogen and oxygen atoms in total. The van der Waals surface area contributed by atoms with E-state index in [2.05, 4.69) is 4.98 Å². The zero-order valence-electron chi connectivity index (χ0n) is 18.6. The second-order valence-corrected chi connectivity index (χ2v) is 10.5. The predicted octanol–water partition coefficient (Wildman–Crippen LogP) is 3.48. The van der Waals surface area contributed by atoms with Crippen molar-refractivity contribution in [3.8, 4) is 0 Å². The molecule has 1 aliphatic carbocycles. The van der Waals surface area contributed by atoms with Crippen molar-refractivity contribution in [3.05, 3.63) is 55.4 Å². The lowest BCUT2D eigenvalue weighted by Crippen LogP contribution is -2.37. The molecular weight excluding hydrogens is 458 g/mol. The summed E-state index contributed by atoms with van der Waals surface area (Å²) >= 11 is 2.72. The number of carbonyl (C=O) groups is 3. The van der Waals surface area contributed by atoms with Gasteiger partial charge >= 0.3 is 0 Å². The molecular formula is C23H25N5O3S2. The molecule has 0 aromatic carbocycles. The first-order chi connectivity index (χ1) is 15.9. The number of ketones is 1. The average molecular weight is 484 g/mol. The number of hydrogen-bond acceptors (Lipinski definition) is 7. The van der Waals surface area contributed by atoms with Crippen LogP contribution >= 0.6 is 22.7 Å². The van der Waals surface area contributed by atoms with Gasteiger partial charge in [-0.1, -0.05) is 0 Å². The van der Waals surface area contributed by atoms with E-state index < -0.39 is 0 Å². The highest BCUT2D eigenvalue weighted by Gasteiger charge is 2.33. The molecule has 1 fully saturated rings. The quantitative estimate of drug-likeness (QED) is 0.480. The zero-order valence-corrected chi connectivity index (χ0v) is 20.2. The summed E-state index contributed by atoms with van der Waals surface area (Å²) in [5.74, 6) is 0.318. The molecule has 0 saturated heterocycles. The Morgan fingerprint density at radius 1 is 1.21 bits per heavy atom. The van der Waals surface area contributed by atoms with Gasteiger partial charge in [0.25, 0.3) is 11.8 Å². The Bertz CT molecular complexity index is 1210. The molecule has 0 bridgehead atoms. The van der Waals surface area contributed by atoms with Crippen molar-refractivity contribution in [2.45, 2.75) is 45.8 Å². The van der Waals surface area contributed by atoms with Crippen molar-refractivity contribution >= 4 is 40.3 Å². The summed E-state index contributed by atoms with van der Waals surface area (Å²) in [5, 5.41) is 6.68. The van der Waals surface area contributed by atoms with Crippen molar-refractivity contribution < 1.29 is 14.4 Å². The van der Waals surface area contributed by atoms with Crippen molar-refractivity contribution in [3.63, 3.8) is 0 Å². The van der Waals surface area contributed by atoms with Crippen LogP contribution in [0.25, 0.3) is 0 Å². The normalized spacial score (nSPS) is 15.4. The molecule has 1 aliphatic heterocycles. The van der Waals surface area contributed by atoms with Gasteiger partial charge < -0.3 is 9.80 Å². The smallest absolute Gasteiger partial charge is 0.274 e. The maximum atomic E-state index is 13.4. The van der Waals surface area contributed by atoms with Gasteiger partial charge in [0.15, 0.2) is 11.5 Å². The summed E-state index contributed by atoms with van der Waals surface area (Å²) in [5.41, 5.74) is 4.93. The fraction of sp³-hybridized carbons (Fsp3) is 0.435. The van der Waals surface area contributed by atoms with E-state index >= 15 is 0 Å². The highest BCUT2D eigenvalue weighted by atomic mass is 32.1. The van der Waals surface area contributed by atoms with Crippen LogP contribution in [0, 0.1) is 5.92 Å². The monoisotopic (exact) mass is 483 g/mol. The molecule has 0 N–H and O–H groups in total. The molecule has 3 aromatic heterocycles. The van der Waals surface area contributed by atoms with Crippen molar-refractivity contribution in [1.29, 1.82) is 0 Å². The summed E-state index contributed by atoms with van der Waals surface area (Å²) < 4.78 is 2.00. The van der Waals surface area contributed by atoms with Gasteiger partial charge in [0.2, 0.25) is 0 Å². The number of amides is 2. The fourth-order valence-electron chi connectivity index (χ4n) is 4.14. The number of nitrogens with zero attached hydrogens (tertiary/aromatic N) is 5. The SMILES string of the molecule is CC(=O)c1ccc(C(=O)N2CCc3c(c(C(=O)N(C)Cc4cscn4)nn3CC3CC3)C2)s1. The van der Waals surface area contributed by atoms with Gasteiger partial charge in [-0.3, -0.25) is 19.1 Å². The van der Waals surface area contributed by atoms with Crippen LogP contribution in [-0.4, -0.2) is 55.8 Å². The number of rotatable bonds is 7. The van der Waals surface area contributed by atoms with Crippen LogP contribution in [-0.2, 0) is 26.1 Å². The number of aromatic nitrogens is 3. The minimum absolute atomic E-state index is 0.0441. The number of thiazole rings is 1. The Kier molecular flexibility index (Phi) is 5.88. The molecule has 172 valence electrons. The summed E-state index contributed by atoms with van der Waals surface area (Å²) in [4.78, 5) is 47.0. The molecule has 4 heterocycles. The van der Waals surface area contributed by atoms with Crippen molar-refractivity contribution in [2.75, 3.05) is 13.6 Å². The fourth-order valence-corrected chi connectivity index (χ4v) is 5.56. The van der Waals surface area contributed by atoms with Gasteiger partial charge in [-0.05, 0) is 37.8 Å². The molecule has 3 aromatic rings. The van der Waals surface area contributed by atoms with Gasteiger partial charge in [0.05, 0.1) is 34.0 Å². The molecule has 0 spiro atoms. The van der Waals surface area contributed by atoms with Crippen LogP contribution in [0.15, 0.2) is 23.0 Å². The maximum Gasteiger partial charge on any atom is 0.274 e. The van der Waals surface area contributed by atoms with Gasteiger partial charge in [-0.25, -0.2) is 4.98 Å². The Morgan fingerprint density at radius 2 is 2.00 bits per heavy atom. The number of carbonyl (C=O) groups excluding carboxylic acids is 3. The van der Waals surface area contributed by atoms with Crippen LogP contribution in [0.3, 0.4) is 0 Å². The lowest BCUT2D eigenvalue weighted by molar-refractivity contribution is 0.0725. The van der Waals surface area contributed by atoms with E-state index in [-0.39, 0.29) is 17.6 Å². The largest absolute Gasteiger partial charge is 0.334 e. The summed E-state index contributed by atoms with van der Waals surface area (Å²) in [6, 6.07) is 3.41. The molecule has 5 rings (SSSR count). The highest BCUT2D eigenvalue weighted by molar-refractivity contribution is 7.15. The maximum absolute atomic E-state index is 13.4. The molecule has 1 saturated carbocycles. The van der Waals surface area contributed by atoms with E-state index in [1.807, 2.05) is 10.1 Å². The third-order valence-corrected chi connectivity index (χ3v) is 7.95. The number of fused-ring (bicyclic) bond motifs is 1. The second-order valence-electron chi connectivity index (χ2n) is 8.74. The summed E-state index contributed by atoms with van der Waals surface area (Å²) in [6.45, 7) is 3.65. The van der Waals surface area contributed by atoms with Gasteiger partial charge in [0.1, 0.15) is 0 Å². The Labute approximate surface area is 199 Å². The Hall–Kier alpha value is -2.85. The molecule has 33 heavy (non-hydrogen) atoms. The molecule has 2 amide bonds. The Morgan fingerprint density at radius 3 is 2.67 bits per heavy atom. The average Bonchev–Trinajstić information content (AvgIpc) is 3.20. The van der Waals surface area contributed by atoms with E-state index in [1.165, 1.54) is 42.4 Å². The highest BCUT2D eigenvalue weighted by Crippen LogP contribution is 2.33. The molecule has 2 aliphatic rings. The van der Waals surface area contributed by atoms with Crippen LogP contribution in [0.4, 0.5) is 0 Å². The minimum Gasteiger partial charge on any atom is -0.334 e. The minimum atomic E-state index is -0.155. The van der Waals surface area contributed by atoms with E-state index in [1.54, 1.807) is 34.5 Å². The van der Waals surface area contributed by atoms with Crippen molar-refractivity contribution in [1.82, 2.24) is 24.6 Å². The van der Waals surface area contributed by atoms with Crippen LogP contribution in [0.2, 0.25) is 0 Å². The first-order valence-corrected chi connectivity index (χ1v) is 12.8. The van der Waals surface area contributed by atoms with Crippen LogP contribution in [0.5, 0.6) is 0 Å². The second kappa shape index (κ2) is 8.83.